The minimum atomic E-state index is -0.847. The molecule has 4 aromatic rings. The molecule has 0 heterocycles. The number of esters is 2. The van der Waals surface area contributed by atoms with E-state index in [0.29, 0.717) is 23.0 Å². The van der Waals surface area contributed by atoms with E-state index >= 15 is 0 Å². The lowest BCUT2D eigenvalue weighted by Gasteiger charge is -2.29. The average molecular weight is 699 g/mol. The van der Waals surface area contributed by atoms with Gasteiger partial charge in [-0.1, -0.05) is 150 Å². The van der Waals surface area contributed by atoms with E-state index < -0.39 is 24.1 Å². The number of ether oxygens (including phenoxy) is 2. The van der Waals surface area contributed by atoms with Gasteiger partial charge in [0.2, 0.25) is 0 Å². The van der Waals surface area contributed by atoms with Crippen molar-refractivity contribution in [1.29, 1.82) is 0 Å². The number of carbonyl (C=O) groups excluding carboxylic acids is 2. The predicted molar refractivity (Wildman–Crippen MR) is 210 cm³/mol. The van der Waals surface area contributed by atoms with Crippen LogP contribution in [-0.2, 0) is 22.3 Å². The van der Waals surface area contributed by atoms with Crippen molar-refractivity contribution in [3.63, 3.8) is 0 Å². The minimum absolute atomic E-state index is 0.439. The summed E-state index contributed by atoms with van der Waals surface area (Å²) >= 11 is 0. The first-order chi connectivity index (χ1) is 25.5. The normalized spacial score (nSPS) is 21.5. The van der Waals surface area contributed by atoms with E-state index in [1.807, 2.05) is 84.9 Å². The summed E-state index contributed by atoms with van der Waals surface area (Å²) in [5.41, 5.74) is 5.02. The summed E-state index contributed by atoms with van der Waals surface area (Å²) < 4.78 is 12.6. The molecule has 2 fully saturated rings. The second-order valence-electron chi connectivity index (χ2n) is 15.6. The van der Waals surface area contributed by atoms with Gasteiger partial charge in [-0.2, -0.15) is 0 Å². The van der Waals surface area contributed by atoms with Crippen LogP contribution in [0.15, 0.2) is 109 Å². The first-order valence-corrected chi connectivity index (χ1v) is 20.2. The molecule has 52 heavy (non-hydrogen) atoms. The molecule has 2 atom stereocenters. The van der Waals surface area contributed by atoms with Gasteiger partial charge in [0.25, 0.3) is 0 Å². The van der Waals surface area contributed by atoms with Crippen LogP contribution >= 0.6 is 0 Å². The van der Waals surface area contributed by atoms with Crippen LogP contribution in [0.5, 0.6) is 0 Å². The number of rotatable bonds is 15. The molecule has 2 aliphatic rings. The van der Waals surface area contributed by atoms with Crippen LogP contribution in [0.4, 0.5) is 0 Å². The molecule has 2 saturated carbocycles. The highest BCUT2D eigenvalue weighted by Gasteiger charge is 2.33. The monoisotopic (exact) mass is 698 g/mol. The maximum Gasteiger partial charge on any atom is 0.338 e. The van der Waals surface area contributed by atoms with Crippen LogP contribution in [0.1, 0.15) is 146 Å². The molecule has 0 bridgehead atoms. The molecule has 0 aromatic heterocycles. The lowest BCUT2D eigenvalue weighted by molar-refractivity contribution is -0.0388. The van der Waals surface area contributed by atoms with Gasteiger partial charge in [0.05, 0.1) is 11.1 Å². The summed E-state index contributed by atoms with van der Waals surface area (Å²) in [5.74, 6) is 2.33. The Hall–Kier alpha value is -4.18. The van der Waals surface area contributed by atoms with Crippen molar-refractivity contribution in [2.45, 2.75) is 116 Å². The lowest BCUT2D eigenvalue weighted by Crippen LogP contribution is -2.23. The zero-order valence-electron chi connectivity index (χ0n) is 31.4. The lowest BCUT2D eigenvalue weighted by atomic mass is 9.78. The van der Waals surface area contributed by atoms with E-state index in [1.165, 1.54) is 88.2 Å². The van der Waals surface area contributed by atoms with Gasteiger partial charge in [0.1, 0.15) is 0 Å². The summed E-state index contributed by atoms with van der Waals surface area (Å²) in [6.45, 7) is 4.57. The highest BCUT2D eigenvalue weighted by atomic mass is 16.6. The van der Waals surface area contributed by atoms with E-state index in [1.54, 1.807) is 0 Å². The molecule has 0 saturated heterocycles. The Morgan fingerprint density at radius 1 is 0.481 bits per heavy atom. The topological polar surface area (TPSA) is 52.6 Å². The number of hydrogen-bond donors (Lipinski definition) is 0. The molecule has 0 spiro atoms. The Labute approximate surface area is 312 Å². The van der Waals surface area contributed by atoms with E-state index in [0.717, 1.165) is 35.8 Å². The smallest absolute Gasteiger partial charge is 0.338 e. The van der Waals surface area contributed by atoms with E-state index in [-0.39, 0.29) is 0 Å². The average Bonchev–Trinajstić information content (AvgIpc) is 3.19. The van der Waals surface area contributed by atoms with Crippen molar-refractivity contribution in [2.75, 3.05) is 0 Å². The quantitative estimate of drug-likeness (QED) is 0.116. The highest BCUT2D eigenvalue weighted by Crippen LogP contribution is 2.38. The molecule has 0 unspecified atom stereocenters. The molecule has 274 valence electrons. The summed E-state index contributed by atoms with van der Waals surface area (Å²) in [7, 11) is 0. The van der Waals surface area contributed by atoms with Crippen molar-refractivity contribution in [1.82, 2.24) is 0 Å². The fraction of sp³-hybridized carbons (Fsp3) is 0.458. The van der Waals surface area contributed by atoms with E-state index in [2.05, 4.69) is 38.1 Å². The van der Waals surface area contributed by atoms with Crippen molar-refractivity contribution in [2.24, 2.45) is 23.7 Å². The number of benzene rings is 4. The van der Waals surface area contributed by atoms with Gasteiger partial charge in [-0.25, -0.2) is 9.59 Å². The van der Waals surface area contributed by atoms with Crippen LogP contribution < -0.4 is 0 Å². The van der Waals surface area contributed by atoms with Crippen LogP contribution in [0.2, 0.25) is 0 Å². The number of hydrogen-bond acceptors (Lipinski definition) is 4. The Kier molecular flexibility index (Phi) is 13.8. The molecule has 4 aromatic carbocycles. The molecule has 0 amide bonds. The van der Waals surface area contributed by atoms with Crippen molar-refractivity contribution < 1.29 is 19.1 Å². The van der Waals surface area contributed by atoms with Crippen LogP contribution in [0.3, 0.4) is 0 Å². The third kappa shape index (κ3) is 10.5. The Morgan fingerprint density at radius 2 is 0.808 bits per heavy atom. The molecule has 0 N–H and O–H groups in total. The maximum atomic E-state index is 13.8. The third-order valence-corrected chi connectivity index (χ3v) is 11.8. The number of carbonyl (C=O) groups is 2. The Morgan fingerprint density at radius 3 is 1.13 bits per heavy atom. The second kappa shape index (κ2) is 19.1. The van der Waals surface area contributed by atoms with E-state index in [4.69, 9.17) is 9.47 Å². The SMILES string of the molecule is CCCC1CCC(Cc2ccc(C(=O)O[C@H](c3ccccc3)[C@H](OC(=O)c3ccc(CC4CCC(CCC)CC4)cc3)c3ccccc3)cc2)CC1. The predicted octanol–water partition coefficient (Wildman–Crippen LogP) is 12.5. The van der Waals surface area contributed by atoms with Gasteiger partial charge in [-0.05, 0) is 109 Å². The second-order valence-corrected chi connectivity index (χ2v) is 15.6. The summed E-state index contributed by atoms with van der Waals surface area (Å²) in [5, 5.41) is 0. The summed E-state index contributed by atoms with van der Waals surface area (Å²) in [4.78, 5) is 27.6. The first-order valence-electron chi connectivity index (χ1n) is 20.2. The molecule has 4 heteroatoms. The largest absolute Gasteiger partial charge is 0.450 e. The minimum Gasteiger partial charge on any atom is -0.450 e. The Balaban J connectivity index is 1.14. The van der Waals surface area contributed by atoms with Gasteiger partial charge in [-0.15, -0.1) is 0 Å². The van der Waals surface area contributed by atoms with Gasteiger partial charge < -0.3 is 9.47 Å². The fourth-order valence-corrected chi connectivity index (χ4v) is 8.75. The maximum absolute atomic E-state index is 13.8. The molecule has 0 aliphatic heterocycles. The van der Waals surface area contributed by atoms with Crippen molar-refractivity contribution in [3.05, 3.63) is 143 Å². The van der Waals surface area contributed by atoms with Gasteiger partial charge in [0, 0.05) is 0 Å². The molecular weight excluding hydrogens is 641 g/mol. The highest BCUT2D eigenvalue weighted by molar-refractivity contribution is 5.90. The van der Waals surface area contributed by atoms with Gasteiger partial charge in [0.15, 0.2) is 12.2 Å². The third-order valence-electron chi connectivity index (χ3n) is 11.8. The summed E-state index contributed by atoms with van der Waals surface area (Å²) in [6.07, 6.45) is 16.2. The zero-order chi connectivity index (χ0) is 36.1. The molecule has 2 aliphatic carbocycles. The van der Waals surface area contributed by atoms with Crippen LogP contribution in [-0.4, -0.2) is 11.9 Å². The molecule has 4 nitrogen and oxygen atoms in total. The van der Waals surface area contributed by atoms with Gasteiger partial charge >= 0.3 is 11.9 Å². The van der Waals surface area contributed by atoms with Crippen LogP contribution in [0.25, 0.3) is 0 Å². The van der Waals surface area contributed by atoms with Crippen LogP contribution in [0, 0.1) is 23.7 Å². The molecular formula is C48H58O4. The molecule has 6 rings (SSSR count). The first kappa shape index (κ1) is 37.6. The van der Waals surface area contributed by atoms with E-state index in [9.17, 15) is 9.59 Å². The fourth-order valence-electron chi connectivity index (χ4n) is 8.75. The standard InChI is InChI=1S/C48H58O4/c1-3-11-35-17-21-37(22-18-35)33-39-25-29-43(30-26-39)47(49)51-45(41-13-7-5-8-14-41)46(42-15-9-6-10-16-42)52-48(50)44-31-27-40(28-32-44)34-38-23-19-36(12-4-2)20-24-38/h5-10,13-16,25-32,35-38,45-46H,3-4,11-12,17-24,33-34H2,1-2H3/t35?,36?,37?,38?,45-,46-/m1/s1. The summed E-state index contributed by atoms with van der Waals surface area (Å²) in [6, 6.07) is 35.0. The Bertz CT molecular complexity index is 1520. The van der Waals surface area contributed by atoms with Gasteiger partial charge in [-0.3, -0.25) is 0 Å². The molecule has 0 radical (unpaired) electrons. The van der Waals surface area contributed by atoms with Crippen molar-refractivity contribution in [3.8, 4) is 0 Å². The van der Waals surface area contributed by atoms with Crippen molar-refractivity contribution >= 4 is 11.9 Å². The zero-order valence-corrected chi connectivity index (χ0v) is 31.4.